The summed E-state index contributed by atoms with van der Waals surface area (Å²) < 4.78 is 10.9. The molecule has 4 nitrogen and oxygen atoms in total. The van der Waals surface area contributed by atoms with Crippen molar-refractivity contribution in [3.8, 4) is 5.75 Å². The molecule has 0 spiro atoms. The molecule has 1 N–H and O–H groups in total. The van der Waals surface area contributed by atoms with Gasteiger partial charge in [0.25, 0.3) is 0 Å². The highest BCUT2D eigenvalue weighted by Gasteiger charge is 2.09. The predicted molar refractivity (Wildman–Crippen MR) is 88.9 cm³/mol. The summed E-state index contributed by atoms with van der Waals surface area (Å²) in [6.45, 7) is 2.17. The van der Waals surface area contributed by atoms with E-state index in [9.17, 15) is 4.79 Å². The fraction of sp³-hybridized carbons (Fsp3) is 0.167. The van der Waals surface area contributed by atoms with Gasteiger partial charge in [0.05, 0.1) is 11.6 Å². The van der Waals surface area contributed by atoms with Crippen LogP contribution in [-0.4, -0.2) is 5.11 Å². The second kappa shape index (κ2) is 6.44. The van der Waals surface area contributed by atoms with Crippen molar-refractivity contribution in [3.63, 3.8) is 0 Å². The lowest BCUT2D eigenvalue weighted by atomic mass is 10.1. The Labute approximate surface area is 137 Å². The number of fused-ring (bicyclic) bond motifs is 1. The van der Waals surface area contributed by atoms with E-state index in [-0.39, 0.29) is 6.61 Å². The number of rotatable bonds is 4. The first-order valence-electron chi connectivity index (χ1n) is 7.12. The Kier molecular flexibility index (Phi) is 4.37. The molecule has 0 saturated carbocycles. The monoisotopic (exact) mass is 330 g/mol. The van der Waals surface area contributed by atoms with Gasteiger partial charge in [-0.1, -0.05) is 35.9 Å². The molecular formula is C18H15ClO4. The van der Waals surface area contributed by atoms with Crippen LogP contribution >= 0.6 is 11.6 Å². The van der Waals surface area contributed by atoms with E-state index in [1.807, 2.05) is 31.2 Å². The first-order valence-corrected chi connectivity index (χ1v) is 7.50. The van der Waals surface area contributed by atoms with Gasteiger partial charge in [-0.05, 0) is 29.7 Å². The standard InChI is InChI=1S/C18H15ClO4/c1-11-6-18(21)23-16-8-17(15(19)7-14(11)16)22-10-13-4-2-12(9-20)3-5-13/h2-8,20H,9-10H2,1H3. The SMILES string of the molecule is Cc1cc(=O)oc2cc(OCc3ccc(CO)cc3)c(Cl)cc12. The van der Waals surface area contributed by atoms with E-state index < -0.39 is 5.63 Å². The number of ether oxygens (including phenoxy) is 1. The van der Waals surface area contributed by atoms with Crippen molar-refractivity contribution in [2.45, 2.75) is 20.1 Å². The molecule has 0 aliphatic rings. The van der Waals surface area contributed by atoms with Crippen LogP contribution in [0.25, 0.3) is 11.0 Å². The van der Waals surface area contributed by atoms with E-state index in [0.717, 1.165) is 22.1 Å². The van der Waals surface area contributed by atoms with E-state index >= 15 is 0 Å². The molecule has 0 bridgehead atoms. The third-order valence-electron chi connectivity index (χ3n) is 3.60. The van der Waals surface area contributed by atoms with Gasteiger partial charge in [0.1, 0.15) is 17.9 Å². The first-order chi connectivity index (χ1) is 11.1. The van der Waals surface area contributed by atoms with E-state index in [1.165, 1.54) is 6.07 Å². The fourth-order valence-electron chi connectivity index (χ4n) is 2.33. The molecule has 5 heteroatoms. The number of aliphatic hydroxyl groups is 1. The number of benzene rings is 2. The smallest absolute Gasteiger partial charge is 0.336 e. The van der Waals surface area contributed by atoms with Gasteiger partial charge in [-0.2, -0.15) is 0 Å². The minimum absolute atomic E-state index is 0.00994. The third kappa shape index (κ3) is 3.38. The molecular weight excluding hydrogens is 316 g/mol. The summed E-state index contributed by atoms with van der Waals surface area (Å²) in [5.74, 6) is 0.458. The van der Waals surface area contributed by atoms with Crippen LogP contribution in [-0.2, 0) is 13.2 Å². The van der Waals surface area contributed by atoms with Crippen LogP contribution in [0.1, 0.15) is 16.7 Å². The van der Waals surface area contributed by atoms with Crippen LogP contribution in [0.5, 0.6) is 5.75 Å². The van der Waals surface area contributed by atoms with Crippen molar-refractivity contribution in [3.05, 3.63) is 74.6 Å². The highest BCUT2D eigenvalue weighted by molar-refractivity contribution is 6.32. The molecule has 0 unspecified atom stereocenters. The molecule has 2 aromatic carbocycles. The zero-order valence-corrected chi connectivity index (χ0v) is 13.3. The van der Waals surface area contributed by atoms with E-state index in [0.29, 0.717) is 23.0 Å². The molecule has 1 heterocycles. The minimum Gasteiger partial charge on any atom is -0.487 e. The van der Waals surface area contributed by atoms with Crippen LogP contribution in [0.4, 0.5) is 0 Å². The largest absolute Gasteiger partial charge is 0.487 e. The lowest BCUT2D eigenvalue weighted by molar-refractivity contribution is 0.281. The minimum atomic E-state index is -0.400. The highest BCUT2D eigenvalue weighted by Crippen LogP contribution is 2.31. The zero-order valence-electron chi connectivity index (χ0n) is 12.5. The average molecular weight is 331 g/mol. The summed E-state index contributed by atoms with van der Waals surface area (Å²) >= 11 is 6.25. The molecule has 23 heavy (non-hydrogen) atoms. The summed E-state index contributed by atoms with van der Waals surface area (Å²) in [6, 6.07) is 12.2. The first kappa shape index (κ1) is 15.6. The van der Waals surface area contributed by atoms with Crippen LogP contribution in [0.2, 0.25) is 5.02 Å². The Morgan fingerprint density at radius 1 is 1.13 bits per heavy atom. The second-order valence-corrected chi connectivity index (χ2v) is 5.70. The van der Waals surface area contributed by atoms with Gasteiger partial charge in [0, 0.05) is 17.5 Å². The maximum absolute atomic E-state index is 11.5. The zero-order chi connectivity index (χ0) is 16.4. The summed E-state index contributed by atoms with van der Waals surface area (Å²) in [7, 11) is 0. The van der Waals surface area contributed by atoms with E-state index in [4.69, 9.17) is 25.9 Å². The van der Waals surface area contributed by atoms with Crippen molar-refractivity contribution in [1.82, 2.24) is 0 Å². The number of hydrogen-bond donors (Lipinski definition) is 1. The van der Waals surface area contributed by atoms with Crippen LogP contribution in [0.15, 0.2) is 51.7 Å². The quantitative estimate of drug-likeness (QED) is 0.739. The van der Waals surface area contributed by atoms with Crippen molar-refractivity contribution < 1.29 is 14.3 Å². The highest BCUT2D eigenvalue weighted by atomic mass is 35.5. The molecule has 0 aliphatic carbocycles. The molecule has 3 aromatic rings. The Balaban J connectivity index is 1.87. The third-order valence-corrected chi connectivity index (χ3v) is 3.90. The Morgan fingerprint density at radius 2 is 1.83 bits per heavy atom. The molecule has 0 fully saturated rings. The summed E-state index contributed by atoms with van der Waals surface area (Å²) in [5, 5.41) is 10.3. The van der Waals surface area contributed by atoms with Gasteiger partial charge in [0.15, 0.2) is 0 Å². The fourth-order valence-corrected chi connectivity index (χ4v) is 2.55. The molecule has 1 aromatic heterocycles. The maximum atomic E-state index is 11.5. The van der Waals surface area contributed by atoms with E-state index in [2.05, 4.69) is 0 Å². The Bertz CT molecular complexity index is 897. The van der Waals surface area contributed by atoms with Gasteiger partial charge < -0.3 is 14.3 Å². The molecule has 0 atom stereocenters. The molecule has 0 radical (unpaired) electrons. The predicted octanol–water partition coefficient (Wildman–Crippen LogP) is 3.83. The second-order valence-electron chi connectivity index (χ2n) is 5.29. The van der Waals surface area contributed by atoms with Crippen molar-refractivity contribution in [2.75, 3.05) is 0 Å². The Morgan fingerprint density at radius 3 is 2.52 bits per heavy atom. The van der Waals surface area contributed by atoms with Gasteiger partial charge in [0.2, 0.25) is 0 Å². The molecule has 0 saturated heterocycles. The van der Waals surface area contributed by atoms with E-state index in [1.54, 1.807) is 12.1 Å². The Hall–Kier alpha value is -2.30. The maximum Gasteiger partial charge on any atom is 0.336 e. The summed E-state index contributed by atoms with van der Waals surface area (Å²) in [5.41, 5.74) is 2.65. The summed E-state index contributed by atoms with van der Waals surface area (Å²) in [6.07, 6.45) is 0. The summed E-state index contributed by atoms with van der Waals surface area (Å²) in [4.78, 5) is 11.5. The lowest BCUT2D eigenvalue weighted by Gasteiger charge is -2.10. The number of aliphatic hydroxyl groups excluding tert-OH is 1. The van der Waals surface area contributed by atoms with Gasteiger partial charge in [-0.15, -0.1) is 0 Å². The number of halogens is 1. The molecule has 0 amide bonds. The lowest BCUT2D eigenvalue weighted by Crippen LogP contribution is -2.00. The van der Waals surface area contributed by atoms with Gasteiger partial charge in [-0.3, -0.25) is 0 Å². The van der Waals surface area contributed by atoms with Crippen LogP contribution in [0, 0.1) is 6.92 Å². The van der Waals surface area contributed by atoms with Gasteiger partial charge >= 0.3 is 5.63 Å². The normalized spacial score (nSPS) is 10.9. The van der Waals surface area contributed by atoms with Crippen molar-refractivity contribution in [1.29, 1.82) is 0 Å². The molecule has 0 aliphatic heterocycles. The van der Waals surface area contributed by atoms with Crippen LogP contribution < -0.4 is 10.4 Å². The van der Waals surface area contributed by atoms with Gasteiger partial charge in [-0.25, -0.2) is 4.79 Å². The number of aryl methyl sites for hydroxylation is 1. The van der Waals surface area contributed by atoms with Crippen molar-refractivity contribution in [2.24, 2.45) is 0 Å². The molecule has 3 rings (SSSR count). The molecule has 118 valence electrons. The average Bonchev–Trinajstić information content (AvgIpc) is 2.54. The van der Waals surface area contributed by atoms with Crippen LogP contribution in [0.3, 0.4) is 0 Å². The number of hydrogen-bond acceptors (Lipinski definition) is 4. The topological polar surface area (TPSA) is 59.7 Å². The van der Waals surface area contributed by atoms with Crippen molar-refractivity contribution >= 4 is 22.6 Å².